The van der Waals surface area contributed by atoms with Gasteiger partial charge in [0, 0.05) is 57.3 Å². The van der Waals surface area contributed by atoms with Crippen molar-refractivity contribution in [3.63, 3.8) is 0 Å². The third-order valence-corrected chi connectivity index (χ3v) is 6.28. The van der Waals surface area contributed by atoms with E-state index in [2.05, 4.69) is 35.9 Å². The summed E-state index contributed by atoms with van der Waals surface area (Å²) in [6, 6.07) is 6.08. The summed E-state index contributed by atoms with van der Waals surface area (Å²) in [6.45, 7) is 7.67. The molecule has 0 aliphatic carbocycles. The van der Waals surface area contributed by atoms with Crippen molar-refractivity contribution >= 4 is 5.91 Å². The number of carbonyl (C=O) groups is 1. The van der Waals surface area contributed by atoms with Gasteiger partial charge in [0.15, 0.2) is 0 Å². The lowest BCUT2D eigenvalue weighted by molar-refractivity contribution is -0.130. The zero-order valence-corrected chi connectivity index (χ0v) is 17.2. The highest BCUT2D eigenvalue weighted by molar-refractivity contribution is 5.76. The molecular weight excluding hydrogens is 342 g/mol. The van der Waals surface area contributed by atoms with Crippen LogP contribution in [-0.2, 0) is 11.3 Å². The van der Waals surface area contributed by atoms with Crippen molar-refractivity contribution in [2.24, 2.45) is 0 Å². The molecule has 1 spiro atoms. The van der Waals surface area contributed by atoms with E-state index in [4.69, 9.17) is 9.47 Å². The number of likely N-dealkylation sites (tertiary alicyclic amines) is 1. The fourth-order valence-electron chi connectivity index (χ4n) is 4.46. The minimum atomic E-state index is 0.0841. The third kappa shape index (κ3) is 4.38. The molecule has 0 unspecified atom stereocenters. The van der Waals surface area contributed by atoms with Crippen LogP contribution in [0.25, 0.3) is 0 Å². The summed E-state index contributed by atoms with van der Waals surface area (Å²) in [6.07, 6.45) is 2.64. The number of amides is 1. The van der Waals surface area contributed by atoms with E-state index in [0.29, 0.717) is 12.3 Å². The van der Waals surface area contributed by atoms with Gasteiger partial charge in [-0.25, -0.2) is 0 Å². The molecule has 0 N–H and O–H groups in total. The largest absolute Gasteiger partial charge is 0.497 e. The van der Waals surface area contributed by atoms with Gasteiger partial charge in [0.1, 0.15) is 11.5 Å². The Morgan fingerprint density at radius 3 is 2.37 bits per heavy atom. The first-order valence-electron chi connectivity index (χ1n) is 9.93. The summed E-state index contributed by atoms with van der Waals surface area (Å²) < 4.78 is 10.8. The quantitative estimate of drug-likeness (QED) is 0.790. The van der Waals surface area contributed by atoms with Crippen molar-refractivity contribution in [1.29, 1.82) is 0 Å². The minimum absolute atomic E-state index is 0.0841. The van der Waals surface area contributed by atoms with Gasteiger partial charge < -0.3 is 14.4 Å². The van der Waals surface area contributed by atoms with E-state index >= 15 is 0 Å². The molecule has 2 aliphatic rings. The molecule has 2 aliphatic heterocycles. The molecule has 3 rings (SSSR count). The van der Waals surface area contributed by atoms with E-state index < -0.39 is 0 Å². The van der Waals surface area contributed by atoms with Crippen LogP contribution in [0.4, 0.5) is 0 Å². The number of benzene rings is 1. The molecule has 2 fully saturated rings. The summed E-state index contributed by atoms with van der Waals surface area (Å²) in [5.41, 5.74) is 1.28. The fraction of sp³-hybridized carbons (Fsp3) is 0.667. The molecule has 150 valence electrons. The van der Waals surface area contributed by atoms with Crippen LogP contribution in [0.1, 0.15) is 31.7 Å². The zero-order chi connectivity index (χ0) is 19.4. The number of methoxy groups -OCH3 is 2. The average Bonchev–Trinajstić information content (AvgIpc) is 2.84. The molecular formula is C21H33N3O3. The monoisotopic (exact) mass is 375 g/mol. The van der Waals surface area contributed by atoms with E-state index in [1.165, 1.54) is 5.56 Å². The van der Waals surface area contributed by atoms with Crippen LogP contribution in [0, 0.1) is 0 Å². The van der Waals surface area contributed by atoms with Crippen LogP contribution in [0.3, 0.4) is 0 Å². The molecule has 27 heavy (non-hydrogen) atoms. The lowest BCUT2D eigenvalue weighted by Gasteiger charge is -2.49. The van der Waals surface area contributed by atoms with Crippen LogP contribution in [-0.4, -0.2) is 80.1 Å². The second-order valence-electron chi connectivity index (χ2n) is 7.80. The van der Waals surface area contributed by atoms with Crippen molar-refractivity contribution in [1.82, 2.24) is 14.7 Å². The van der Waals surface area contributed by atoms with Crippen LogP contribution < -0.4 is 9.47 Å². The predicted molar refractivity (Wildman–Crippen MR) is 106 cm³/mol. The van der Waals surface area contributed by atoms with Gasteiger partial charge in [0.2, 0.25) is 5.91 Å². The molecule has 1 aromatic rings. The summed E-state index contributed by atoms with van der Waals surface area (Å²) >= 11 is 0. The first-order valence-corrected chi connectivity index (χ1v) is 9.93. The van der Waals surface area contributed by atoms with Crippen molar-refractivity contribution in [2.45, 2.75) is 38.3 Å². The van der Waals surface area contributed by atoms with Gasteiger partial charge >= 0.3 is 0 Å². The third-order valence-electron chi connectivity index (χ3n) is 6.28. The van der Waals surface area contributed by atoms with Crippen molar-refractivity contribution in [2.75, 3.05) is 54.0 Å². The maximum absolute atomic E-state index is 12.4. The SMILES string of the molecule is CCN1CC[C@@]2(CCC1=O)CN(Cc1cc(OC)cc(OC)c1)CCN2C. The molecule has 1 amide bonds. The van der Waals surface area contributed by atoms with E-state index in [1.807, 2.05) is 11.0 Å². The van der Waals surface area contributed by atoms with Gasteiger partial charge in [-0.05, 0) is 44.5 Å². The Balaban J connectivity index is 1.74. The standard InChI is InChI=1S/C21H33N3O3/c1-5-24-9-8-21(7-6-20(24)25)16-23(11-10-22(21)2)15-17-12-18(26-3)14-19(13-17)27-4/h12-14H,5-11,15-16H2,1-4H3/t21-/m0/s1. The highest BCUT2D eigenvalue weighted by atomic mass is 16.5. The smallest absolute Gasteiger partial charge is 0.222 e. The number of hydrogen-bond acceptors (Lipinski definition) is 5. The summed E-state index contributed by atoms with van der Waals surface area (Å²) in [7, 11) is 5.59. The predicted octanol–water partition coefficient (Wildman–Crippen LogP) is 2.22. The molecule has 2 heterocycles. The molecule has 0 aromatic heterocycles. The van der Waals surface area contributed by atoms with E-state index in [-0.39, 0.29) is 5.54 Å². The normalized spacial score (nSPS) is 24.9. The maximum atomic E-state index is 12.4. The number of rotatable bonds is 5. The number of carbonyl (C=O) groups excluding carboxylic acids is 1. The summed E-state index contributed by atoms with van der Waals surface area (Å²) in [5, 5.41) is 0. The van der Waals surface area contributed by atoms with Gasteiger partial charge in [0.25, 0.3) is 0 Å². The van der Waals surface area contributed by atoms with Crippen molar-refractivity contribution in [3.05, 3.63) is 23.8 Å². The Morgan fingerprint density at radius 1 is 1.04 bits per heavy atom. The van der Waals surface area contributed by atoms with Crippen molar-refractivity contribution in [3.8, 4) is 11.5 Å². The van der Waals surface area contributed by atoms with Crippen LogP contribution in [0.15, 0.2) is 18.2 Å². The molecule has 6 heteroatoms. The number of nitrogens with zero attached hydrogens (tertiary/aromatic N) is 3. The van der Waals surface area contributed by atoms with Crippen molar-refractivity contribution < 1.29 is 14.3 Å². The molecule has 0 bridgehead atoms. The van der Waals surface area contributed by atoms with Gasteiger partial charge in [0.05, 0.1) is 14.2 Å². The van der Waals surface area contributed by atoms with Crippen LogP contribution >= 0.6 is 0 Å². The molecule has 0 radical (unpaired) electrons. The van der Waals surface area contributed by atoms with E-state index in [9.17, 15) is 4.79 Å². The maximum Gasteiger partial charge on any atom is 0.222 e. The number of piperazine rings is 1. The number of hydrogen-bond donors (Lipinski definition) is 0. The second kappa shape index (κ2) is 8.48. The molecule has 6 nitrogen and oxygen atoms in total. The summed E-state index contributed by atoms with van der Waals surface area (Å²) in [5.74, 6) is 1.95. The lowest BCUT2D eigenvalue weighted by atomic mass is 9.86. The van der Waals surface area contributed by atoms with Gasteiger partial charge in [-0.15, -0.1) is 0 Å². The van der Waals surface area contributed by atoms with E-state index in [1.54, 1.807) is 14.2 Å². The minimum Gasteiger partial charge on any atom is -0.497 e. The Kier molecular flexibility index (Phi) is 6.27. The Morgan fingerprint density at radius 2 is 1.74 bits per heavy atom. The van der Waals surface area contributed by atoms with E-state index in [0.717, 1.165) is 63.6 Å². The average molecular weight is 376 g/mol. The van der Waals surface area contributed by atoms with Gasteiger partial charge in [-0.1, -0.05) is 0 Å². The van der Waals surface area contributed by atoms with Gasteiger partial charge in [-0.2, -0.15) is 0 Å². The number of likely N-dealkylation sites (N-methyl/N-ethyl adjacent to an activating group) is 1. The first kappa shape index (κ1) is 20.0. The zero-order valence-electron chi connectivity index (χ0n) is 17.2. The topological polar surface area (TPSA) is 45.3 Å². The lowest BCUT2D eigenvalue weighted by Crippen LogP contribution is -2.60. The Labute approximate surface area is 163 Å². The molecule has 2 saturated heterocycles. The molecule has 1 aromatic carbocycles. The fourth-order valence-corrected chi connectivity index (χ4v) is 4.46. The highest BCUT2D eigenvalue weighted by Crippen LogP contribution is 2.33. The highest BCUT2D eigenvalue weighted by Gasteiger charge is 2.41. The second-order valence-corrected chi connectivity index (χ2v) is 7.80. The van der Waals surface area contributed by atoms with Gasteiger partial charge in [-0.3, -0.25) is 14.6 Å². The number of ether oxygens (including phenoxy) is 2. The van der Waals surface area contributed by atoms with Crippen LogP contribution in [0.5, 0.6) is 11.5 Å². The molecule has 1 atom stereocenters. The Hall–Kier alpha value is -1.79. The summed E-state index contributed by atoms with van der Waals surface area (Å²) in [4.78, 5) is 19.4. The Bertz CT molecular complexity index is 644. The first-order chi connectivity index (χ1) is 13.0. The molecule has 0 saturated carbocycles. The van der Waals surface area contributed by atoms with Crippen LogP contribution in [0.2, 0.25) is 0 Å².